The number of isocyanates is 1. The van der Waals surface area contributed by atoms with Gasteiger partial charge in [-0.1, -0.05) is 0 Å². The van der Waals surface area contributed by atoms with Gasteiger partial charge in [0.05, 0.1) is 0 Å². The van der Waals surface area contributed by atoms with Crippen LogP contribution in [-0.4, -0.2) is 17.1 Å². The molecule has 0 aromatic rings. The molecule has 4 heteroatoms. The maximum absolute atomic E-state index is 9.14. The van der Waals surface area contributed by atoms with Crippen LogP contribution in [0.25, 0.3) is 0 Å². The molecule has 0 amide bonds. The van der Waals surface area contributed by atoms with Crippen molar-refractivity contribution >= 4 is 18.0 Å². The van der Waals surface area contributed by atoms with E-state index in [2.05, 4.69) is 4.40 Å². The lowest BCUT2D eigenvalue weighted by Crippen LogP contribution is -1.62. The van der Waals surface area contributed by atoms with E-state index in [-0.39, 0.29) is 5.94 Å². The number of aliphatic hydroxyl groups is 1. The van der Waals surface area contributed by atoms with Gasteiger partial charge in [0.25, 0.3) is 0 Å². The molecular formula is C2H3NO2S. The molecule has 0 atom stereocenters. The van der Waals surface area contributed by atoms with Crippen molar-refractivity contribution < 1.29 is 9.90 Å². The minimum absolute atomic E-state index is 0.157. The third-order valence-electron chi connectivity index (χ3n) is 0.160. The maximum Gasteiger partial charge on any atom is 0.247 e. The van der Waals surface area contributed by atoms with Gasteiger partial charge in [0.2, 0.25) is 6.08 Å². The van der Waals surface area contributed by atoms with E-state index < -0.39 is 0 Å². The van der Waals surface area contributed by atoms with Crippen LogP contribution in [0.1, 0.15) is 0 Å². The van der Waals surface area contributed by atoms with Crippen molar-refractivity contribution in [2.45, 2.75) is 0 Å². The molecule has 0 bridgehead atoms. The zero-order valence-corrected chi connectivity index (χ0v) is 3.73. The summed E-state index contributed by atoms with van der Waals surface area (Å²) >= 11 is 0.765. The molecule has 0 aliphatic carbocycles. The predicted molar refractivity (Wildman–Crippen MR) is 22.8 cm³/mol. The van der Waals surface area contributed by atoms with Crippen molar-refractivity contribution in [2.24, 2.45) is 4.40 Å². The average molecular weight is 105 g/mol. The molecule has 6 heavy (non-hydrogen) atoms. The number of nitrogens with zero attached hydrogens (tertiary/aromatic N) is 1. The molecule has 0 heterocycles. The Labute approximate surface area is 39.2 Å². The summed E-state index contributed by atoms with van der Waals surface area (Å²) in [4.78, 5) is 9.14. The van der Waals surface area contributed by atoms with Gasteiger partial charge < -0.3 is 5.11 Å². The first-order chi connectivity index (χ1) is 2.91. The molecule has 34 valence electrons. The summed E-state index contributed by atoms with van der Waals surface area (Å²) in [6.07, 6.45) is 1.25. The van der Waals surface area contributed by atoms with Crippen molar-refractivity contribution in [1.29, 1.82) is 0 Å². The van der Waals surface area contributed by atoms with Crippen LogP contribution in [0, 0.1) is 0 Å². The molecule has 0 aromatic carbocycles. The van der Waals surface area contributed by atoms with Gasteiger partial charge in [0, 0.05) is 11.9 Å². The Bertz CT molecular complexity index is 67.9. The molecule has 0 saturated carbocycles. The second-order valence-electron chi connectivity index (χ2n) is 0.441. The Morgan fingerprint density at radius 3 is 2.83 bits per heavy atom. The van der Waals surface area contributed by atoms with Crippen LogP contribution in [0.5, 0.6) is 0 Å². The minimum Gasteiger partial charge on any atom is -0.384 e. The fourth-order valence-electron chi connectivity index (χ4n) is 0.0552. The lowest BCUT2D eigenvalue weighted by molar-refractivity contribution is 0.375. The molecule has 0 saturated heterocycles. The minimum atomic E-state index is -0.157. The van der Waals surface area contributed by atoms with Crippen molar-refractivity contribution in [1.82, 2.24) is 0 Å². The number of hydrogen-bond acceptors (Lipinski definition) is 4. The van der Waals surface area contributed by atoms with Crippen LogP contribution in [0.3, 0.4) is 0 Å². The smallest absolute Gasteiger partial charge is 0.247 e. The molecule has 1 N–H and O–H groups in total. The van der Waals surface area contributed by atoms with E-state index in [1.54, 1.807) is 0 Å². The monoisotopic (exact) mass is 105 g/mol. The number of aliphatic hydroxyl groups excluding tert-OH is 1. The van der Waals surface area contributed by atoms with Gasteiger partial charge in [-0.25, -0.2) is 4.79 Å². The van der Waals surface area contributed by atoms with E-state index >= 15 is 0 Å². The van der Waals surface area contributed by atoms with Crippen LogP contribution in [0.4, 0.5) is 0 Å². The lowest BCUT2D eigenvalue weighted by Gasteiger charge is -1.71. The molecule has 0 fully saturated rings. The highest BCUT2D eigenvalue weighted by molar-refractivity contribution is 7.97. The number of hydrogen-bond donors (Lipinski definition) is 1. The van der Waals surface area contributed by atoms with Gasteiger partial charge >= 0.3 is 0 Å². The third kappa shape index (κ3) is 3.69. The van der Waals surface area contributed by atoms with Crippen molar-refractivity contribution in [2.75, 3.05) is 5.94 Å². The van der Waals surface area contributed by atoms with Crippen LogP contribution in [0.2, 0.25) is 0 Å². The van der Waals surface area contributed by atoms with E-state index in [0.717, 1.165) is 11.9 Å². The van der Waals surface area contributed by atoms with E-state index in [4.69, 9.17) is 9.90 Å². The summed E-state index contributed by atoms with van der Waals surface area (Å²) in [5.41, 5.74) is 0. The van der Waals surface area contributed by atoms with Crippen LogP contribution < -0.4 is 0 Å². The number of rotatable bonds is 2. The van der Waals surface area contributed by atoms with Gasteiger partial charge in [-0.2, -0.15) is 0 Å². The highest BCUT2D eigenvalue weighted by Gasteiger charge is 1.68. The second kappa shape index (κ2) is 4.69. The Hall–Kier alpha value is -0.310. The van der Waals surface area contributed by atoms with Gasteiger partial charge in [-0.15, -0.1) is 4.40 Å². The SMILES string of the molecule is O=C=NSCO. The molecule has 3 nitrogen and oxygen atoms in total. The maximum atomic E-state index is 9.14. The predicted octanol–water partition coefficient (Wildman–Crippen LogP) is -0.0798. The first-order valence-corrected chi connectivity index (χ1v) is 2.16. The molecular weight excluding hydrogens is 102 g/mol. The topological polar surface area (TPSA) is 49.7 Å². The first-order valence-electron chi connectivity index (χ1n) is 1.22. The Balaban J connectivity index is 2.86. The lowest BCUT2D eigenvalue weighted by atomic mass is 11.7. The van der Waals surface area contributed by atoms with Gasteiger partial charge in [0.15, 0.2) is 0 Å². The first kappa shape index (κ1) is 5.69. The average Bonchev–Trinajstić information content (AvgIpc) is 1.61. The fourth-order valence-corrected chi connectivity index (χ4v) is 0.166. The van der Waals surface area contributed by atoms with Crippen LogP contribution >= 0.6 is 11.9 Å². The Kier molecular flexibility index (Phi) is 4.45. The fraction of sp³-hybridized carbons (Fsp3) is 0.500. The van der Waals surface area contributed by atoms with Crippen LogP contribution in [0.15, 0.2) is 4.40 Å². The normalized spacial score (nSPS) is 6.83. The van der Waals surface area contributed by atoms with Gasteiger partial charge in [-0.05, 0) is 0 Å². The molecule has 0 aliphatic rings. The van der Waals surface area contributed by atoms with Crippen molar-refractivity contribution in [3.8, 4) is 0 Å². The van der Waals surface area contributed by atoms with E-state index in [0.29, 0.717) is 0 Å². The van der Waals surface area contributed by atoms with Gasteiger partial charge in [-0.3, -0.25) is 0 Å². The standard InChI is InChI=1S/C2H3NO2S/c4-1-3-6-2-5/h5H,2H2. The summed E-state index contributed by atoms with van der Waals surface area (Å²) < 4.78 is 2.95. The molecule has 0 radical (unpaired) electrons. The second-order valence-corrected chi connectivity index (χ2v) is 1.14. The third-order valence-corrected chi connectivity index (χ3v) is 0.479. The zero-order chi connectivity index (χ0) is 4.83. The summed E-state index contributed by atoms with van der Waals surface area (Å²) in [5, 5.41) is 7.89. The van der Waals surface area contributed by atoms with E-state index in [9.17, 15) is 0 Å². The van der Waals surface area contributed by atoms with Crippen LogP contribution in [-0.2, 0) is 4.79 Å². The summed E-state index contributed by atoms with van der Waals surface area (Å²) in [6.45, 7) is 0. The molecule has 0 rings (SSSR count). The van der Waals surface area contributed by atoms with Crippen molar-refractivity contribution in [3.05, 3.63) is 0 Å². The highest BCUT2D eigenvalue weighted by Crippen LogP contribution is 1.92. The van der Waals surface area contributed by atoms with Gasteiger partial charge in [0.1, 0.15) is 5.94 Å². The highest BCUT2D eigenvalue weighted by atomic mass is 32.2. The molecule has 0 spiro atoms. The molecule has 0 aromatic heterocycles. The summed E-state index contributed by atoms with van der Waals surface area (Å²) in [5.74, 6) is -0.157. The quantitative estimate of drug-likeness (QED) is 0.231. The summed E-state index contributed by atoms with van der Waals surface area (Å²) in [7, 11) is 0. The zero-order valence-electron chi connectivity index (χ0n) is 2.92. The number of carbonyl (C=O) groups excluding carboxylic acids is 1. The Morgan fingerprint density at radius 2 is 2.67 bits per heavy atom. The summed E-state index contributed by atoms with van der Waals surface area (Å²) in [6, 6.07) is 0. The molecule has 0 unspecified atom stereocenters. The largest absolute Gasteiger partial charge is 0.384 e. The van der Waals surface area contributed by atoms with E-state index in [1.807, 2.05) is 0 Å². The molecule has 0 aliphatic heterocycles. The Morgan fingerprint density at radius 1 is 2.00 bits per heavy atom. The van der Waals surface area contributed by atoms with Crippen molar-refractivity contribution in [3.63, 3.8) is 0 Å². The van der Waals surface area contributed by atoms with E-state index in [1.165, 1.54) is 6.08 Å².